The number of halogens is 2. The SMILES string of the molecule is CCc1nc(-c2ccc(F)cc2I)n[nH]1. The lowest BCUT2D eigenvalue weighted by atomic mass is 10.2. The van der Waals surface area contributed by atoms with Gasteiger partial charge in [-0.1, -0.05) is 6.92 Å². The van der Waals surface area contributed by atoms with Crippen LogP contribution in [0.4, 0.5) is 4.39 Å². The van der Waals surface area contributed by atoms with E-state index in [1.54, 1.807) is 6.07 Å². The summed E-state index contributed by atoms with van der Waals surface area (Å²) in [5.41, 5.74) is 0.855. The van der Waals surface area contributed by atoms with E-state index in [9.17, 15) is 4.39 Å². The standard InChI is InChI=1S/C10H9FIN3/c1-2-9-13-10(15-14-9)7-4-3-6(11)5-8(7)12/h3-5H,2H2,1H3,(H,13,14,15). The second-order valence-electron chi connectivity index (χ2n) is 3.08. The maximum absolute atomic E-state index is 12.9. The van der Waals surface area contributed by atoms with E-state index in [-0.39, 0.29) is 5.82 Å². The summed E-state index contributed by atoms with van der Waals surface area (Å²) in [4.78, 5) is 4.30. The molecule has 3 nitrogen and oxygen atoms in total. The highest BCUT2D eigenvalue weighted by molar-refractivity contribution is 14.1. The molecule has 0 aliphatic carbocycles. The van der Waals surface area contributed by atoms with Crippen molar-refractivity contribution in [2.24, 2.45) is 0 Å². The van der Waals surface area contributed by atoms with E-state index in [0.29, 0.717) is 5.82 Å². The molecule has 78 valence electrons. The first-order chi connectivity index (χ1) is 7.20. The van der Waals surface area contributed by atoms with Crippen LogP contribution in [0.15, 0.2) is 18.2 Å². The third-order valence-electron chi connectivity index (χ3n) is 2.04. The molecule has 0 radical (unpaired) electrons. The average Bonchev–Trinajstić information content (AvgIpc) is 2.66. The van der Waals surface area contributed by atoms with Gasteiger partial charge in [0, 0.05) is 15.6 Å². The molecule has 1 aromatic carbocycles. The second kappa shape index (κ2) is 4.26. The van der Waals surface area contributed by atoms with E-state index in [4.69, 9.17) is 0 Å². The van der Waals surface area contributed by atoms with Crippen LogP contribution in [0, 0.1) is 9.39 Å². The molecule has 2 rings (SSSR count). The molecule has 0 aliphatic rings. The van der Waals surface area contributed by atoms with Gasteiger partial charge in [-0.25, -0.2) is 9.37 Å². The molecule has 1 aromatic heterocycles. The van der Waals surface area contributed by atoms with Gasteiger partial charge in [0.1, 0.15) is 11.6 Å². The van der Waals surface area contributed by atoms with Crippen molar-refractivity contribution in [3.8, 4) is 11.4 Å². The quantitative estimate of drug-likeness (QED) is 0.866. The van der Waals surface area contributed by atoms with Gasteiger partial charge in [-0.3, -0.25) is 5.10 Å². The summed E-state index contributed by atoms with van der Waals surface area (Å²) in [5.74, 6) is 1.22. The minimum atomic E-state index is -0.241. The molecule has 0 spiro atoms. The highest BCUT2D eigenvalue weighted by Crippen LogP contribution is 2.22. The molecule has 0 fully saturated rings. The van der Waals surface area contributed by atoms with Crippen LogP contribution in [0.2, 0.25) is 0 Å². The van der Waals surface area contributed by atoms with E-state index in [1.807, 2.05) is 6.92 Å². The largest absolute Gasteiger partial charge is 0.263 e. The van der Waals surface area contributed by atoms with Crippen molar-refractivity contribution in [1.29, 1.82) is 0 Å². The lowest BCUT2D eigenvalue weighted by molar-refractivity contribution is 0.627. The van der Waals surface area contributed by atoms with Gasteiger partial charge in [0.25, 0.3) is 0 Å². The van der Waals surface area contributed by atoms with Crippen molar-refractivity contribution < 1.29 is 4.39 Å². The van der Waals surface area contributed by atoms with Crippen LogP contribution in [-0.2, 0) is 6.42 Å². The number of hydrogen-bond acceptors (Lipinski definition) is 2. The summed E-state index contributed by atoms with van der Waals surface area (Å²) in [6.07, 6.45) is 0.810. The van der Waals surface area contributed by atoms with E-state index in [0.717, 1.165) is 21.4 Å². The molecule has 0 saturated heterocycles. The van der Waals surface area contributed by atoms with Crippen LogP contribution < -0.4 is 0 Å². The smallest absolute Gasteiger partial charge is 0.182 e. The summed E-state index contributed by atoms with van der Waals surface area (Å²) in [7, 11) is 0. The molecule has 0 bridgehead atoms. The minimum absolute atomic E-state index is 0.241. The molecule has 5 heteroatoms. The zero-order valence-corrected chi connectivity index (χ0v) is 10.2. The highest BCUT2D eigenvalue weighted by atomic mass is 127. The highest BCUT2D eigenvalue weighted by Gasteiger charge is 2.09. The number of nitrogens with one attached hydrogen (secondary N) is 1. The Bertz CT molecular complexity index is 481. The van der Waals surface area contributed by atoms with E-state index in [1.165, 1.54) is 12.1 Å². The summed E-state index contributed by atoms with van der Waals surface area (Å²) >= 11 is 2.08. The number of aromatic amines is 1. The fraction of sp³-hybridized carbons (Fsp3) is 0.200. The van der Waals surface area contributed by atoms with Crippen molar-refractivity contribution in [1.82, 2.24) is 15.2 Å². The van der Waals surface area contributed by atoms with Gasteiger partial charge >= 0.3 is 0 Å². The van der Waals surface area contributed by atoms with Gasteiger partial charge < -0.3 is 0 Å². The third kappa shape index (κ3) is 2.17. The molecular formula is C10H9FIN3. The number of aromatic nitrogens is 3. The fourth-order valence-corrected chi connectivity index (χ4v) is 1.96. The molecule has 1 N–H and O–H groups in total. The Morgan fingerprint density at radius 1 is 1.47 bits per heavy atom. The molecule has 0 saturated carbocycles. The Morgan fingerprint density at radius 3 is 2.87 bits per heavy atom. The number of rotatable bonds is 2. The van der Waals surface area contributed by atoms with Gasteiger partial charge in [0.15, 0.2) is 5.82 Å². The van der Waals surface area contributed by atoms with Crippen LogP contribution >= 0.6 is 22.6 Å². The van der Waals surface area contributed by atoms with Crippen LogP contribution in [0.25, 0.3) is 11.4 Å². The Morgan fingerprint density at radius 2 is 2.27 bits per heavy atom. The summed E-state index contributed by atoms with van der Waals surface area (Å²) in [5, 5.41) is 6.92. The third-order valence-corrected chi connectivity index (χ3v) is 2.93. The van der Waals surface area contributed by atoms with Crippen molar-refractivity contribution in [2.45, 2.75) is 13.3 Å². The first kappa shape index (κ1) is 10.5. The van der Waals surface area contributed by atoms with Crippen LogP contribution in [0.3, 0.4) is 0 Å². The topological polar surface area (TPSA) is 41.6 Å². The Kier molecular flexibility index (Phi) is 2.99. The summed E-state index contributed by atoms with van der Waals surface area (Å²) in [6.45, 7) is 2.00. The Balaban J connectivity index is 2.44. The first-order valence-electron chi connectivity index (χ1n) is 4.57. The molecule has 0 amide bonds. The normalized spacial score (nSPS) is 10.6. The number of hydrogen-bond donors (Lipinski definition) is 1. The summed E-state index contributed by atoms with van der Waals surface area (Å²) < 4.78 is 13.7. The average molecular weight is 317 g/mol. The molecule has 0 aliphatic heterocycles. The van der Waals surface area contributed by atoms with Crippen LogP contribution in [0.5, 0.6) is 0 Å². The number of aryl methyl sites for hydroxylation is 1. The molecule has 2 aromatic rings. The van der Waals surface area contributed by atoms with Crippen LogP contribution in [-0.4, -0.2) is 15.2 Å². The Labute approximate surface area is 100 Å². The maximum atomic E-state index is 12.9. The predicted molar refractivity (Wildman–Crippen MR) is 63.9 cm³/mol. The predicted octanol–water partition coefficient (Wildman–Crippen LogP) is 2.78. The second-order valence-corrected chi connectivity index (χ2v) is 4.25. The molecular weight excluding hydrogens is 308 g/mol. The lowest BCUT2D eigenvalue weighted by Gasteiger charge is -1.98. The maximum Gasteiger partial charge on any atom is 0.182 e. The van der Waals surface area contributed by atoms with Crippen molar-refractivity contribution in [3.05, 3.63) is 33.4 Å². The first-order valence-corrected chi connectivity index (χ1v) is 5.65. The van der Waals surface area contributed by atoms with Crippen molar-refractivity contribution in [2.75, 3.05) is 0 Å². The number of nitrogens with zero attached hydrogens (tertiary/aromatic N) is 2. The monoisotopic (exact) mass is 317 g/mol. The number of H-pyrrole nitrogens is 1. The van der Waals surface area contributed by atoms with Gasteiger partial charge in [-0.15, -0.1) is 0 Å². The van der Waals surface area contributed by atoms with Crippen molar-refractivity contribution in [3.63, 3.8) is 0 Å². The molecule has 15 heavy (non-hydrogen) atoms. The van der Waals surface area contributed by atoms with Gasteiger partial charge in [-0.05, 0) is 40.8 Å². The van der Waals surface area contributed by atoms with E-state index in [2.05, 4.69) is 37.8 Å². The molecule has 0 unspecified atom stereocenters. The number of benzene rings is 1. The van der Waals surface area contributed by atoms with Gasteiger partial charge in [0.05, 0.1) is 0 Å². The fourth-order valence-electron chi connectivity index (χ4n) is 1.24. The van der Waals surface area contributed by atoms with Crippen molar-refractivity contribution >= 4 is 22.6 Å². The zero-order valence-electron chi connectivity index (χ0n) is 8.09. The summed E-state index contributed by atoms with van der Waals surface area (Å²) in [6, 6.07) is 4.58. The zero-order chi connectivity index (χ0) is 10.8. The van der Waals surface area contributed by atoms with E-state index >= 15 is 0 Å². The van der Waals surface area contributed by atoms with Gasteiger partial charge in [-0.2, -0.15) is 5.10 Å². The minimum Gasteiger partial charge on any atom is -0.263 e. The lowest BCUT2D eigenvalue weighted by Crippen LogP contribution is -1.87. The molecule has 1 heterocycles. The van der Waals surface area contributed by atoms with Gasteiger partial charge in [0.2, 0.25) is 0 Å². The Hall–Kier alpha value is -0.980. The van der Waals surface area contributed by atoms with Crippen LogP contribution in [0.1, 0.15) is 12.7 Å². The molecule has 0 atom stereocenters. The van der Waals surface area contributed by atoms with E-state index < -0.39 is 0 Å².